The fourth-order valence-electron chi connectivity index (χ4n) is 1.62. The van der Waals surface area contributed by atoms with Gasteiger partial charge in [0.2, 0.25) is 5.91 Å². The third kappa shape index (κ3) is 4.89. The molecule has 0 aliphatic carbocycles. The van der Waals surface area contributed by atoms with E-state index in [1.54, 1.807) is 17.1 Å². The molecule has 0 atom stereocenters. The fourth-order valence-corrected chi connectivity index (χ4v) is 1.62. The van der Waals surface area contributed by atoms with E-state index in [0.29, 0.717) is 25.7 Å². The second kappa shape index (κ2) is 8.28. The second-order valence-corrected chi connectivity index (χ2v) is 4.10. The average Bonchev–Trinajstić information content (AvgIpc) is 2.14. The highest BCUT2D eigenvalue weighted by atomic mass is 35.5. The van der Waals surface area contributed by atoms with E-state index in [0.717, 1.165) is 13.1 Å². The van der Waals surface area contributed by atoms with E-state index >= 15 is 0 Å². The molecule has 4 nitrogen and oxygen atoms in total. The van der Waals surface area contributed by atoms with E-state index in [2.05, 4.69) is 23.4 Å². The summed E-state index contributed by atoms with van der Waals surface area (Å²) in [5.74, 6) is 0.134. The molecule has 1 aliphatic heterocycles. The van der Waals surface area contributed by atoms with Crippen molar-refractivity contribution >= 4 is 18.3 Å². The fraction of sp³-hybridized carbons (Fsp3) is 0.583. The molecule has 98 valence electrons. The first-order chi connectivity index (χ1) is 7.69. The molecule has 17 heavy (non-hydrogen) atoms. The molecule has 0 saturated carbocycles. The van der Waals surface area contributed by atoms with Crippen molar-refractivity contribution in [3.05, 3.63) is 25.3 Å². The minimum atomic E-state index is 0. The number of nitrogens with zero attached hydrogens (tertiary/aromatic N) is 2. The molecule has 0 unspecified atom stereocenters. The Kier molecular flexibility index (Phi) is 7.87. The van der Waals surface area contributed by atoms with Gasteiger partial charge in [-0.05, 0) is 7.05 Å². The molecule has 0 aromatic rings. The molecule has 0 spiro atoms. The Bertz CT molecular complexity index is 256. The van der Waals surface area contributed by atoms with Gasteiger partial charge in [-0.15, -0.1) is 25.6 Å². The van der Waals surface area contributed by atoms with Gasteiger partial charge in [-0.3, -0.25) is 9.69 Å². The highest BCUT2D eigenvalue weighted by Crippen LogP contribution is 2.03. The van der Waals surface area contributed by atoms with Crippen LogP contribution in [0.15, 0.2) is 25.3 Å². The van der Waals surface area contributed by atoms with Crippen LogP contribution in [0.1, 0.15) is 0 Å². The van der Waals surface area contributed by atoms with Crippen LogP contribution >= 0.6 is 12.4 Å². The van der Waals surface area contributed by atoms with Gasteiger partial charge in [-0.2, -0.15) is 0 Å². The summed E-state index contributed by atoms with van der Waals surface area (Å²) in [6.45, 7) is 10.9. The van der Waals surface area contributed by atoms with Gasteiger partial charge >= 0.3 is 0 Å². The topological polar surface area (TPSA) is 35.6 Å². The third-order valence-electron chi connectivity index (χ3n) is 2.82. The van der Waals surface area contributed by atoms with Crippen LogP contribution in [-0.2, 0) is 4.79 Å². The number of carbonyl (C=O) groups is 1. The van der Waals surface area contributed by atoms with Gasteiger partial charge in [-0.1, -0.05) is 12.2 Å². The van der Waals surface area contributed by atoms with Crippen molar-refractivity contribution in [1.82, 2.24) is 15.1 Å². The van der Waals surface area contributed by atoms with Crippen LogP contribution in [0, 0.1) is 0 Å². The van der Waals surface area contributed by atoms with Gasteiger partial charge in [0.25, 0.3) is 0 Å². The van der Waals surface area contributed by atoms with Gasteiger partial charge in [0.1, 0.15) is 0 Å². The van der Waals surface area contributed by atoms with Crippen molar-refractivity contribution in [2.75, 3.05) is 39.8 Å². The summed E-state index contributed by atoms with van der Waals surface area (Å²) < 4.78 is 0. The largest absolute Gasteiger partial charge is 0.334 e. The molecule has 0 radical (unpaired) electrons. The van der Waals surface area contributed by atoms with Crippen molar-refractivity contribution in [1.29, 1.82) is 0 Å². The Morgan fingerprint density at radius 2 is 1.88 bits per heavy atom. The minimum absolute atomic E-state index is 0. The molecule has 1 N–H and O–H groups in total. The van der Waals surface area contributed by atoms with Crippen molar-refractivity contribution in [3.63, 3.8) is 0 Å². The summed E-state index contributed by atoms with van der Waals surface area (Å²) in [5, 5.41) is 3.20. The summed E-state index contributed by atoms with van der Waals surface area (Å²) in [5.41, 5.74) is 0. The molecule has 0 aromatic heterocycles. The first-order valence-electron chi connectivity index (χ1n) is 5.59. The van der Waals surface area contributed by atoms with Crippen molar-refractivity contribution in [3.8, 4) is 0 Å². The molecule has 0 bridgehead atoms. The van der Waals surface area contributed by atoms with Crippen LogP contribution in [-0.4, -0.2) is 61.5 Å². The van der Waals surface area contributed by atoms with Crippen molar-refractivity contribution in [2.45, 2.75) is 6.04 Å². The zero-order valence-electron chi connectivity index (χ0n) is 10.4. The van der Waals surface area contributed by atoms with Crippen LogP contribution in [0.2, 0.25) is 0 Å². The van der Waals surface area contributed by atoms with E-state index in [1.165, 1.54) is 0 Å². The first kappa shape index (κ1) is 16.2. The number of amides is 1. The summed E-state index contributed by atoms with van der Waals surface area (Å²) in [6, 6.07) is 0.498. The first-order valence-corrected chi connectivity index (χ1v) is 5.59. The molecular weight excluding hydrogens is 238 g/mol. The van der Waals surface area contributed by atoms with Crippen molar-refractivity contribution in [2.24, 2.45) is 0 Å². The Hall–Kier alpha value is -0.840. The molecule has 1 heterocycles. The van der Waals surface area contributed by atoms with Crippen molar-refractivity contribution < 1.29 is 4.79 Å². The number of hydrogen-bond acceptors (Lipinski definition) is 3. The smallest absolute Gasteiger partial charge is 0.237 e. The summed E-state index contributed by atoms with van der Waals surface area (Å²) >= 11 is 0. The lowest BCUT2D eigenvalue weighted by Gasteiger charge is -2.36. The van der Waals surface area contributed by atoms with Gasteiger partial charge in [-0.25, -0.2) is 0 Å². The zero-order chi connectivity index (χ0) is 12.0. The van der Waals surface area contributed by atoms with E-state index in [9.17, 15) is 4.79 Å². The molecule has 1 rings (SSSR count). The summed E-state index contributed by atoms with van der Waals surface area (Å²) in [7, 11) is 1.99. The molecule has 1 amide bonds. The predicted octanol–water partition coefficient (Wildman–Crippen LogP) is 0.512. The Morgan fingerprint density at radius 1 is 1.35 bits per heavy atom. The predicted molar refractivity (Wildman–Crippen MR) is 73.5 cm³/mol. The number of nitrogens with one attached hydrogen (secondary N) is 1. The highest BCUT2D eigenvalue weighted by molar-refractivity contribution is 5.85. The van der Waals surface area contributed by atoms with Crippen LogP contribution in [0.4, 0.5) is 0 Å². The number of halogens is 1. The zero-order valence-corrected chi connectivity index (χ0v) is 11.2. The second-order valence-electron chi connectivity index (χ2n) is 4.10. The van der Waals surface area contributed by atoms with Gasteiger partial charge in [0, 0.05) is 32.2 Å². The number of likely N-dealkylation sites (N-methyl/N-ethyl adjacent to an activating group) is 1. The number of carbonyl (C=O) groups excluding carboxylic acids is 1. The maximum atomic E-state index is 11.9. The molecule has 1 saturated heterocycles. The number of hydrogen-bond donors (Lipinski definition) is 1. The SMILES string of the molecule is C=CCN(CC=C)C(=O)CN(C)C1CNC1.Cl. The quantitative estimate of drug-likeness (QED) is 0.677. The van der Waals surface area contributed by atoms with Gasteiger partial charge in [0.15, 0.2) is 0 Å². The Balaban J connectivity index is 0.00000256. The van der Waals surface area contributed by atoms with Crippen LogP contribution in [0.25, 0.3) is 0 Å². The lowest BCUT2D eigenvalue weighted by molar-refractivity contribution is -0.131. The van der Waals surface area contributed by atoms with Crippen LogP contribution in [0.3, 0.4) is 0 Å². The number of rotatable bonds is 7. The third-order valence-corrected chi connectivity index (χ3v) is 2.82. The highest BCUT2D eigenvalue weighted by Gasteiger charge is 2.24. The monoisotopic (exact) mass is 259 g/mol. The minimum Gasteiger partial charge on any atom is -0.334 e. The van der Waals surface area contributed by atoms with Crippen LogP contribution < -0.4 is 5.32 Å². The van der Waals surface area contributed by atoms with E-state index in [-0.39, 0.29) is 18.3 Å². The maximum absolute atomic E-state index is 11.9. The average molecular weight is 260 g/mol. The Labute approximate surface area is 110 Å². The lowest BCUT2D eigenvalue weighted by atomic mass is 10.1. The van der Waals surface area contributed by atoms with E-state index in [4.69, 9.17) is 0 Å². The Morgan fingerprint density at radius 3 is 2.24 bits per heavy atom. The van der Waals surface area contributed by atoms with Gasteiger partial charge < -0.3 is 10.2 Å². The molecule has 0 aromatic carbocycles. The summed E-state index contributed by atoms with van der Waals surface area (Å²) in [4.78, 5) is 15.8. The summed E-state index contributed by atoms with van der Waals surface area (Å²) in [6.07, 6.45) is 3.48. The van der Waals surface area contributed by atoms with E-state index in [1.807, 2.05) is 7.05 Å². The standard InChI is InChI=1S/C12H21N3O.ClH/c1-4-6-15(7-5-2)12(16)10-14(3)11-8-13-9-11;/h4-5,11,13H,1-2,6-10H2,3H3;1H. The van der Waals surface area contributed by atoms with Gasteiger partial charge in [0.05, 0.1) is 6.54 Å². The van der Waals surface area contributed by atoms with E-state index < -0.39 is 0 Å². The molecule has 1 aliphatic rings. The normalized spacial score (nSPS) is 14.7. The molecule has 5 heteroatoms. The molecule has 1 fully saturated rings. The van der Waals surface area contributed by atoms with Crippen LogP contribution in [0.5, 0.6) is 0 Å². The molecular formula is C12H22ClN3O. The maximum Gasteiger partial charge on any atom is 0.237 e. The lowest BCUT2D eigenvalue weighted by Crippen LogP contribution is -2.57.